The number of benzene rings is 3. The van der Waals surface area contributed by atoms with Crippen molar-refractivity contribution in [2.75, 3.05) is 5.32 Å². The minimum Gasteiger partial charge on any atom is -0.317 e. The van der Waals surface area contributed by atoms with Gasteiger partial charge in [-0.25, -0.2) is 4.79 Å². The molecule has 0 radical (unpaired) electrons. The lowest BCUT2D eigenvalue weighted by atomic mass is 9.81. The van der Waals surface area contributed by atoms with E-state index in [0.717, 1.165) is 31.2 Å². The Balaban J connectivity index is 1.51. The van der Waals surface area contributed by atoms with Crippen LogP contribution in [0.25, 0.3) is 0 Å². The highest BCUT2D eigenvalue weighted by molar-refractivity contribution is 6.39. The first kappa shape index (κ1) is 21.7. The number of carbonyl (C=O) groups is 1. The Morgan fingerprint density at radius 2 is 1.39 bits per heavy atom. The van der Waals surface area contributed by atoms with Gasteiger partial charge in [0.05, 0.1) is 15.7 Å². The molecule has 1 aliphatic rings. The minimum absolute atomic E-state index is 0.165. The zero-order chi connectivity index (χ0) is 21.6. The van der Waals surface area contributed by atoms with Gasteiger partial charge in [0, 0.05) is 12.6 Å². The van der Waals surface area contributed by atoms with Crippen molar-refractivity contribution < 1.29 is 4.79 Å². The van der Waals surface area contributed by atoms with Crippen molar-refractivity contribution in [3.05, 3.63) is 100 Å². The maximum Gasteiger partial charge on any atom is 0.322 e. The number of nitrogens with zero attached hydrogens (tertiary/aromatic N) is 1. The molecule has 160 valence electrons. The molecule has 3 aromatic rings. The van der Waals surface area contributed by atoms with Crippen LogP contribution in [0.2, 0.25) is 10.0 Å². The summed E-state index contributed by atoms with van der Waals surface area (Å²) in [5, 5.41) is 3.84. The number of amides is 2. The first-order chi connectivity index (χ1) is 15.1. The second-order valence-electron chi connectivity index (χ2n) is 8.06. The molecular weight excluding hydrogens is 427 g/mol. The third-order valence-corrected chi connectivity index (χ3v) is 6.69. The second-order valence-corrected chi connectivity index (χ2v) is 8.87. The fourth-order valence-electron chi connectivity index (χ4n) is 4.39. The van der Waals surface area contributed by atoms with Gasteiger partial charge < -0.3 is 10.2 Å². The highest BCUT2D eigenvalue weighted by Crippen LogP contribution is 2.36. The van der Waals surface area contributed by atoms with E-state index < -0.39 is 0 Å². The van der Waals surface area contributed by atoms with Crippen LogP contribution in [0.3, 0.4) is 0 Å². The first-order valence-electron chi connectivity index (χ1n) is 10.7. The van der Waals surface area contributed by atoms with E-state index >= 15 is 0 Å². The van der Waals surface area contributed by atoms with E-state index in [4.69, 9.17) is 23.2 Å². The molecule has 0 atom stereocenters. The van der Waals surface area contributed by atoms with Crippen molar-refractivity contribution >= 4 is 34.9 Å². The maximum absolute atomic E-state index is 13.4. The molecule has 0 aromatic heterocycles. The van der Waals surface area contributed by atoms with E-state index in [9.17, 15) is 4.79 Å². The molecule has 0 spiro atoms. The number of anilines is 1. The molecule has 4 rings (SSSR count). The molecule has 5 heteroatoms. The number of urea groups is 1. The largest absolute Gasteiger partial charge is 0.322 e. The predicted molar refractivity (Wildman–Crippen MR) is 129 cm³/mol. The van der Waals surface area contributed by atoms with Crippen molar-refractivity contribution in [3.63, 3.8) is 0 Å². The Labute approximate surface area is 194 Å². The Morgan fingerprint density at radius 1 is 0.806 bits per heavy atom. The van der Waals surface area contributed by atoms with Crippen LogP contribution in [-0.2, 0) is 6.54 Å². The van der Waals surface area contributed by atoms with Crippen molar-refractivity contribution in [2.24, 2.45) is 0 Å². The summed E-state index contributed by atoms with van der Waals surface area (Å²) in [4.78, 5) is 15.3. The van der Waals surface area contributed by atoms with Crippen LogP contribution in [0.5, 0.6) is 0 Å². The topological polar surface area (TPSA) is 32.3 Å². The number of para-hydroxylation sites is 1. The minimum atomic E-state index is -0.165. The third kappa shape index (κ3) is 5.41. The molecule has 1 fully saturated rings. The second kappa shape index (κ2) is 10.2. The summed E-state index contributed by atoms with van der Waals surface area (Å²) < 4.78 is 0. The van der Waals surface area contributed by atoms with Gasteiger partial charge in [-0.15, -0.1) is 0 Å². The first-order valence-corrected chi connectivity index (χ1v) is 11.5. The van der Waals surface area contributed by atoms with Gasteiger partial charge in [-0.3, -0.25) is 0 Å². The highest BCUT2D eigenvalue weighted by Gasteiger charge is 2.30. The third-order valence-electron chi connectivity index (χ3n) is 6.06. The number of halogens is 2. The molecule has 1 saturated carbocycles. The van der Waals surface area contributed by atoms with Gasteiger partial charge in [0.1, 0.15) is 0 Å². The molecule has 3 aromatic carbocycles. The highest BCUT2D eigenvalue weighted by atomic mass is 35.5. The van der Waals surface area contributed by atoms with Crippen LogP contribution in [0.15, 0.2) is 78.9 Å². The number of hydrogen-bond donors (Lipinski definition) is 1. The molecule has 0 unspecified atom stereocenters. The van der Waals surface area contributed by atoms with Gasteiger partial charge in [-0.1, -0.05) is 89.9 Å². The molecule has 0 heterocycles. The maximum atomic E-state index is 13.4. The molecule has 0 aliphatic heterocycles. The number of carbonyl (C=O) groups excluding carboxylic acids is 1. The average molecular weight is 453 g/mol. The van der Waals surface area contributed by atoms with Crippen molar-refractivity contribution in [1.29, 1.82) is 0 Å². The summed E-state index contributed by atoms with van der Waals surface area (Å²) in [5.41, 5.74) is 2.96. The predicted octanol–water partition coefficient (Wildman–Crippen LogP) is 7.75. The molecule has 31 heavy (non-hydrogen) atoms. The van der Waals surface area contributed by atoms with Crippen LogP contribution < -0.4 is 5.32 Å². The van der Waals surface area contributed by atoms with Gasteiger partial charge in [0.15, 0.2) is 0 Å². The zero-order valence-corrected chi connectivity index (χ0v) is 18.8. The van der Waals surface area contributed by atoms with Gasteiger partial charge in [0.25, 0.3) is 0 Å². The van der Waals surface area contributed by atoms with E-state index in [1.807, 2.05) is 23.1 Å². The fraction of sp³-hybridized carbons (Fsp3) is 0.269. The Kier molecular flexibility index (Phi) is 7.16. The summed E-state index contributed by atoms with van der Waals surface area (Å²) in [6.07, 6.45) is 4.08. The number of nitrogens with one attached hydrogen (secondary N) is 1. The summed E-state index contributed by atoms with van der Waals surface area (Å²) in [6, 6.07) is 26.0. The number of hydrogen-bond acceptors (Lipinski definition) is 1. The van der Waals surface area contributed by atoms with E-state index in [0.29, 0.717) is 28.2 Å². The van der Waals surface area contributed by atoms with Crippen LogP contribution in [0, 0.1) is 0 Å². The van der Waals surface area contributed by atoms with Crippen LogP contribution >= 0.6 is 23.2 Å². The molecule has 2 amide bonds. The molecule has 1 aliphatic carbocycles. The average Bonchev–Trinajstić information content (AvgIpc) is 2.81. The van der Waals surface area contributed by atoms with Crippen LogP contribution in [0.1, 0.15) is 42.7 Å². The molecule has 3 nitrogen and oxygen atoms in total. The molecule has 1 N–H and O–H groups in total. The van der Waals surface area contributed by atoms with Crippen molar-refractivity contribution in [3.8, 4) is 0 Å². The monoisotopic (exact) mass is 452 g/mol. The summed E-state index contributed by atoms with van der Waals surface area (Å²) in [5.74, 6) is 0.553. The quantitative estimate of drug-likeness (QED) is 0.421. The molecular formula is C26H26Cl2N2O. The number of rotatable bonds is 5. The normalized spacial score (nSPS) is 18.4. The van der Waals surface area contributed by atoms with E-state index in [2.05, 4.69) is 47.8 Å². The standard InChI is InChI=1S/C26H26Cl2N2O/c27-23-12-7-13-24(28)25(23)29-26(31)30(18-19-8-3-1-4-9-19)22-16-14-21(15-17-22)20-10-5-2-6-11-20/h1-13,21-22H,14-18H2,(H,29,31)/t21-,22-. The SMILES string of the molecule is O=C(Nc1c(Cl)cccc1Cl)N(Cc1ccccc1)[C@H]1CC[C@H](c2ccccc2)CC1. The Hall–Kier alpha value is -2.49. The van der Waals surface area contributed by atoms with E-state index in [1.165, 1.54) is 5.56 Å². The summed E-state index contributed by atoms with van der Waals surface area (Å²) in [6.45, 7) is 0.551. The molecule has 0 saturated heterocycles. The zero-order valence-electron chi connectivity index (χ0n) is 17.3. The lowest BCUT2D eigenvalue weighted by molar-refractivity contribution is 0.158. The van der Waals surface area contributed by atoms with Gasteiger partial charge in [0.2, 0.25) is 0 Å². The molecule has 0 bridgehead atoms. The fourth-order valence-corrected chi connectivity index (χ4v) is 4.88. The smallest absolute Gasteiger partial charge is 0.317 e. The van der Waals surface area contributed by atoms with Crippen molar-refractivity contribution in [2.45, 2.75) is 44.2 Å². The summed E-state index contributed by atoms with van der Waals surface area (Å²) in [7, 11) is 0. The van der Waals surface area contributed by atoms with E-state index in [-0.39, 0.29) is 12.1 Å². The summed E-state index contributed by atoms with van der Waals surface area (Å²) >= 11 is 12.6. The lowest BCUT2D eigenvalue weighted by Gasteiger charge is -2.37. The van der Waals surface area contributed by atoms with Crippen LogP contribution in [0.4, 0.5) is 10.5 Å². The Bertz CT molecular complexity index is 982. The Morgan fingerprint density at radius 3 is 2.00 bits per heavy atom. The van der Waals surface area contributed by atoms with Crippen LogP contribution in [-0.4, -0.2) is 17.0 Å². The van der Waals surface area contributed by atoms with Gasteiger partial charge in [-0.05, 0) is 54.9 Å². The van der Waals surface area contributed by atoms with Gasteiger partial charge >= 0.3 is 6.03 Å². The van der Waals surface area contributed by atoms with Crippen molar-refractivity contribution in [1.82, 2.24) is 4.90 Å². The van der Waals surface area contributed by atoms with Gasteiger partial charge in [-0.2, -0.15) is 0 Å². The lowest BCUT2D eigenvalue weighted by Crippen LogP contribution is -2.44. The van der Waals surface area contributed by atoms with E-state index in [1.54, 1.807) is 18.2 Å².